The predicted molar refractivity (Wildman–Crippen MR) is 108 cm³/mol. The van der Waals surface area contributed by atoms with Crippen LogP contribution in [0.5, 0.6) is 5.75 Å². The molecule has 0 radical (unpaired) electrons. The zero-order chi connectivity index (χ0) is 19.5. The Morgan fingerprint density at radius 2 is 1.93 bits per heavy atom. The number of benzene rings is 2. The van der Waals surface area contributed by atoms with Gasteiger partial charge in [-0.2, -0.15) is 5.26 Å². The molecule has 4 rings (SSSR count). The van der Waals surface area contributed by atoms with Crippen LogP contribution in [0.2, 0.25) is 0 Å². The standard InChI is InChI=1S/C24H26N2O2/c1-28-23-14-22-19(13-21(23)15-25)12-20(24(22)27)11-17-7-9-26(10-8-17)16-18-5-3-2-4-6-18/h2-6,13-14,17,20H,7-12,16H2,1H3. The van der Waals surface area contributed by atoms with Crippen molar-refractivity contribution < 1.29 is 9.53 Å². The van der Waals surface area contributed by atoms with Gasteiger partial charge in [-0.15, -0.1) is 0 Å². The molecule has 1 saturated heterocycles. The van der Waals surface area contributed by atoms with Gasteiger partial charge in [0.1, 0.15) is 11.8 Å². The van der Waals surface area contributed by atoms with Gasteiger partial charge in [0, 0.05) is 18.0 Å². The summed E-state index contributed by atoms with van der Waals surface area (Å²) in [5, 5.41) is 9.28. The molecule has 1 fully saturated rings. The average Bonchev–Trinajstić information content (AvgIpc) is 3.03. The lowest BCUT2D eigenvalue weighted by Gasteiger charge is -2.32. The molecule has 0 bridgehead atoms. The Morgan fingerprint density at radius 3 is 2.61 bits per heavy atom. The first-order valence-corrected chi connectivity index (χ1v) is 10.1. The van der Waals surface area contributed by atoms with Gasteiger partial charge in [-0.25, -0.2) is 0 Å². The SMILES string of the molecule is COc1cc2c(cc1C#N)CC(CC1CCN(Cc3ccccc3)CC1)C2=O. The Hall–Kier alpha value is -2.64. The summed E-state index contributed by atoms with van der Waals surface area (Å²) in [6.45, 7) is 3.21. The van der Waals surface area contributed by atoms with E-state index in [1.165, 1.54) is 5.56 Å². The van der Waals surface area contributed by atoms with Crippen molar-refractivity contribution in [2.45, 2.75) is 32.2 Å². The van der Waals surface area contributed by atoms with Crippen molar-refractivity contribution in [2.75, 3.05) is 20.2 Å². The second-order valence-electron chi connectivity index (χ2n) is 8.03. The van der Waals surface area contributed by atoms with Gasteiger partial charge in [-0.3, -0.25) is 9.69 Å². The highest BCUT2D eigenvalue weighted by Crippen LogP contribution is 2.37. The number of methoxy groups -OCH3 is 1. The minimum Gasteiger partial charge on any atom is -0.495 e. The molecule has 2 aliphatic rings. The van der Waals surface area contributed by atoms with E-state index in [0.717, 1.165) is 56.4 Å². The Bertz CT molecular complexity index is 893. The molecule has 1 unspecified atom stereocenters. The number of likely N-dealkylation sites (tertiary alicyclic amines) is 1. The third-order valence-corrected chi connectivity index (χ3v) is 6.22. The van der Waals surface area contributed by atoms with Crippen LogP contribution in [0.4, 0.5) is 0 Å². The van der Waals surface area contributed by atoms with Crippen LogP contribution in [0.15, 0.2) is 42.5 Å². The first-order valence-electron chi connectivity index (χ1n) is 10.1. The van der Waals surface area contributed by atoms with Crippen molar-refractivity contribution in [1.29, 1.82) is 5.26 Å². The number of carbonyl (C=O) groups excluding carboxylic acids is 1. The summed E-state index contributed by atoms with van der Waals surface area (Å²) < 4.78 is 5.28. The average molecular weight is 374 g/mol. The van der Waals surface area contributed by atoms with Gasteiger partial charge in [0.05, 0.1) is 12.7 Å². The molecule has 1 aliphatic heterocycles. The molecule has 4 nitrogen and oxygen atoms in total. The normalized spacial score (nSPS) is 20.0. The summed E-state index contributed by atoms with van der Waals surface area (Å²) in [5.41, 5.74) is 3.64. The van der Waals surface area contributed by atoms with E-state index in [1.54, 1.807) is 13.2 Å². The molecule has 2 aromatic rings. The van der Waals surface area contributed by atoms with Crippen molar-refractivity contribution in [3.8, 4) is 11.8 Å². The van der Waals surface area contributed by atoms with Gasteiger partial charge in [0.25, 0.3) is 0 Å². The summed E-state index contributed by atoms with van der Waals surface area (Å²) in [6, 6.07) is 16.4. The number of Topliss-reactive ketones (excluding diaryl/α,β-unsaturated/α-hetero) is 1. The smallest absolute Gasteiger partial charge is 0.166 e. The van der Waals surface area contributed by atoms with E-state index in [4.69, 9.17) is 4.74 Å². The number of fused-ring (bicyclic) bond motifs is 1. The van der Waals surface area contributed by atoms with E-state index in [0.29, 0.717) is 17.2 Å². The lowest BCUT2D eigenvalue weighted by molar-refractivity contribution is 0.0895. The number of hydrogen-bond donors (Lipinski definition) is 0. The first kappa shape index (κ1) is 18.7. The molecule has 28 heavy (non-hydrogen) atoms. The van der Waals surface area contributed by atoms with Crippen molar-refractivity contribution in [1.82, 2.24) is 4.90 Å². The molecule has 1 atom stereocenters. The number of nitrogens with zero attached hydrogens (tertiary/aromatic N) is 2. The lowest BCUT2D eigenvalue weighted by Crippen LogP contribution is -2.34. The zero-order valence-electron chi connectivity index (χ0n) is 16.4. The van der Waals surface area contributed by atoms with Crippen molar-refractivity contribution in [2.24, 2.45) is 11.8 Å². The number of nitriles is 1. The van der Waals surface area contributed by atoms with Crippen LogP contribution < -0.4 is 4.74 Å². The number of ether oxygens (including phenoxy) is 1. The molecule has 4 heteroatoms. The van der Waals surface area contributed by atoms with E-state index in [2.05, 4.69) is 41.3 Å². The maximum Gasteiger partial charge on any atom is 0.166 e. The molecular formula is C24H26N2O2. The quantitative estimate of drug-likeness (QED) is 0.786. The van der Waals surface area contributed by atoms with Gasteiger partial charge in [0.15, 0.2) is 5.78 Å². The molecule has 0 aromatic heterocycles. The van der Waals surface area contributed by atoms with Gasteiger partial charge < -0.3 is 4.74 Å². The number of ketones is 1. The monoisotopic (exact) mass is 374 g/mol. The second kappa shape index (κ2) is 8.16. The summed E-state index contributed by atoms with van der Waals surface area (Å²) in [4.78, 5) is 15.4. The molecule has 0 N–H and O–H groups in total. The van der Waals surface area contributed by atoms with Gasteiger partial charge in [-0.1, -0.05) is 30.3 Å². The van der Waals surface area contributed by atoms with E-state index >= 15 is 0 Å². The van der Waals surface area contributed by atoms with Crippen LogP contribution in [0.25, 0.3) is 0 Å². The van der Waals surface area contributed by atoms with E-state index in [9.17, 15) is 10.1 Å². The largest absolute Gasteiger partial charge is 0.495 e. The Kier molecular flexibility index (Phi) is 5.45. The van der Waals surface area contributed by atoms with Crippen LogP contribution in [0.3, 0.4) is 0 Å². The van der Waals surface area contributed by atoms with Crippen molar-refractivity contribution in [3.05, 3.63) is 64.7 Å². The van der Waals surface area contributed by atoms with E-state index < -0.39 is 0 Å². The molecule has 0 spiro atoms. The molecular weight excluding hydrogens is 348 g/mol. The highest BCUT2D eigenvalue weighted by atomic mass is 16.5. The number of rotatable bonds is 5. The number of piperidine rings is 1. The minimum absolute atomic E-state index is 0.0549. The van der Waals surface area contributed by atoms with Crippen molar-refractivity contribution in [3.63, 3.8) is 0 Å². The minimum atomic E-state index is 0.0549. The lowest BCUT2D eigenvalue weighted by atomic mass is 9.85. The summed E-state index contributed by atoms with van der Waals surface area (Å²) in [6.07, 6.45) is 4.02. The summed E-state index contributed by atoms with van der Waals surface area (Å²) >= 11 is 0. The van der Waals surface area contributed by atoms with Gasteiger partial charge >= 0.3 is 0 Å². The van der Waals surface area contributed by atoms with E-state index in [1.807, 2.05) is 6.07 Å². The van der Waals surface area contributed by atoms with E-state index in [-0.39, 0.29) is 11.7 Å². The fourth-order valence-electron chi connectivity index (χ4n) is 4.67. The highest BCUT2D eigenvalue weighted by Gasteiger charge is 2.34. The van der Waals surface area contributed by atoms with Crippen LogP contribution >= 0.6 is 0 Å². The van der Waals surface area contributed by atoms with Crippen LogP contribution in [-0.4, -0.2) is 30.9 Å². The molecule has 0 amide bonds. The molecule has 0 saturated carbocycles. The Labute approximate surface area is 166 Å². The maximum absolute atomic E-state index is 12.9. The molecule has 1 heterocycles. The van der Waals surface area contributed by atoms with Crippen LogP contribution in [0, 0.1) is 23.2 Å². The van der Waals surface area contributed by atoms with Crippen molar-refractivity contribution >= 4 is 5.78 Å². The highest BCUT2D eigenvalue weighted by molar-refractivity contribution is 6.02. The zero-order valence-corrected chi connectivity index (χ0v) is 16.4. The fourth-order valence-corrected chi connectivity index (χ4v) is 4.67. The fraction of sp³-hybridized carbons (Fsp3) is 0.417. The molecule has 1 aliphatic carbocycles. The third-order valence-electron chi connectivity index (χ3n) is 6.22. The third kappa shape index (κ3) is 3.81. The summed E-state index contributed by atoms with van der Waals surface area (Å²) in [7, 11) is 1.54. The Morgan fingerprint density at radius 1 is 1.18 bits per heavy atom. The predicted octanol–water partition coefficient (Wildman–Crippen LogP) is 4.22. The molecule has 144 valence electrons. The van der Waals surface area contributed by atoms with Gasteiger partial charge in [-0.05, 0) is 68.0 Å². The second-order valence-corrected chi connectivity index (χ2v) is 8.03. The summed E-state index contributed by atoms with van der Waals surface area (Å²) in [5.74, 6) is 1.39. The molecule has 2 aromatic carbocycles. The van der Waals surface area contributed by atoms with Crippen LogP contribution in [-0.2, 0) is 13.0 Å². The number of carbonyl (C=O) groups is 1. The van der Waals surface area contributed by atoms with Gasteiger partial charge in [0.2, 0.25) is 0 Å². The van der Waals surface area contributed by atoms with Crippen LogP contribution in [0.1, 0.15) is 46.3 Å². The Balaban J connectivity index is 1.34. The maximum atomic E-state index is 12.9. The topological polar surface area (TPSA) is 53.3 Å². The first-order chi connectivity index (χ1) is 13.7. The number of hydrogen-bond acceptors (Lipinski definition) is 4.